The molecule has 0 atom stereocenters. The molecular formula is C17H22BrN3. The highest BCUT2D eigenvalue weighted by Gasteiger charge is 2.18. The quantitative estimate of drug-likeness (QED) is 0.635. The summed E-state index contributed by atoms with van der Waals surface area (Å²) in [4.78, 5) is 9.04. The Labute approximate surface area is 135 Å². The summed E-state index contributed by atoms with van der Waals surface area (Å²) in [5, 5.41) is 3.39. The van der Waals surface area contributed by atoms with Gasteiger partial charge in [-0.3, -0.25) is 0 Å². The Morgan fingerprint density at radius 1 is 1.10 bits per heavy atom. The average Bonchev–Trinajstić information content (AvgIpc) is 2.43. The number of nitrogens with zero attached hydrogens (tertiary/aromatic N) is 2. The van der Waals surface area contributed by atoms with Gasteiger partial charge in [0, 0.05) is 18.0 Å². The molecule has 0 saturated carbocycles. The molecule has 0 aliphatic rings. The fraction of sp³-hybridized carbons (Fsp3) is 0.412. The highest BCUT2D eigenvalue weighted by atomic mass is 79.9. The van der Waals surface area contributed by atoms with Crippen LogP contribution in [0.3, 0.4) is 0 Å². The Balaban J connectivity index is 1.90. The molecule has 0 aliphatic heterocycles. The van der Waals surface area contributed by atoms with E-state index >= 15 is 0 Å². The molecule has 2 aromatic rings. The zero-order valence-electron chi connectivity index (χ0n) is 12.9. The molecule has 1 aromatic heterocycles. The lowest BCUT2D eigenvalue weighted by molar-refractivity contribution is 0.544. The normalized spacial score (nSPS) is 11.4. The maximum atomic E-state index is 4.60. The van der Waals surface area contributed by atoms with Crippen LogP contribution in [0.4, 0.5) is 5.82 Å². The molecule has 0 radical (unpaired) electrons. The van der Waals surface area contributed by atoms with E-state index in [0.717, 1.165) is 35.6 Å². The number of anilines is 1. The fourth-order valence-electron chi connectivity index (χ4n) is 2.00. The third-order valence-electron chi connectivity index (χ3n) is 3.16. The van der Waals surface area contributed by atoms with Crippen LogP contribution in [0.15, 0.2) is 41.0 Å². The second-order valence-corrected chi connectivity index (χ2v) is 6.98. The van der Waals surface area contributed by atoms with Gasteiger partial charge in [0.15, 0.2) is 0 Å². The molecule has 21 heavy (non-hydrogen) atoms. The second kappa shape index (κ2) is 7.03. The van der Waals surface area contributed by atoms with Gasteiger partial charge in [-0.05, 0) is 34.3 Å². The Bertz CT molecular complexity index is 576. The summed E-state index contributed by atoms with van der Waals surface area (Å²) in [6.07, 6.45) is 2.16. The van der Waals surface area contributed by atoms with Crippen LogP contribution in [-0.4, -0.2) is 16.5 Å². The third kappa shape index (κ3) is 5.12. The summed E-state index contributed by atoms with van der Waals surface area (Å²) < 4.78 is 0.827. The summed E-state index contributed by atoms with van der Waals surface area (Å²) in [6, 6.07) is 12.5. The highest BCUT2D eigenvalue weighted by Crippen LogP contribution is 2.22. The van der Waals surface area contributed by atoms with Crippen molar-refractivity contribution in [1.82, 2.24) is 9.97 Å². The van der Waals surface area contributed by atoms with Crippen molar-refractivity contribution in [3.8, 4) is 0 Å². The van der Waals surface area contributed by atoms with Gasteiger partial charge < -0.3 is 5.32 Å². The van der Waals surface area contributed by atoms with E-state index in [2.05, 4.69) is 76.3 Å². The number of halogens is 1. The molecule has 0 fully saturated rings. The van der Waals surface area contributed by atoms with Crippen LogP contribution >= 0.6 is 15.9 Å². The SMILES string of the molecule is CC(C)(C)c1nc(Br)cc(NCCCc2ccccc2)n1. The first-order valence-corrected chi connectivity index (χ1v) is 8.07. The summed E-state index contributed by atoms with van der Waals surface area (Å²) in [6.45, 7) is 7.26. The van der Waals surface area contributed by atoms with Gasteiger partial charge in [-0.25, -0.2) is 9.97 Å². The molecule has 1 heterocycles. The molecule has 1 aromatic carbocycles. The summed E-state index contributed by atoms with van der Waals surface area (Å²) >= 11 is 3.46. The number of aryl methyl sites for hydroxylation is 1. The average molecular weight is 348 g/mol. The van der Waals surface area contributed by atoms with Crippen LogP contribution in [0.1, 0.15) is 38.6 Å². The molecule has 0 aliphatic carbocycles. The van der Waals surface area contributed by atoms with E-state index in [1.807, 2.05) is 12.1 Å². The van der Waals surface area contributed by atoms with Crippen molar-refractivity contribution >= 4 is 21.7 Å². The van der Waals surface area contributed by atoms with Crippen molar-refractivity contribution in [3.05, 3.63) is 52.4 Å². The van der Waals surface area contributed by atoms with Gasteiger partial charge in [0.1, 0.15) is 16.2 Å². The standard InChI is InChI=1S/C17H22BrN3/c1-17(2,3)16-20-14(18)12-15(21-16)19-11-7-10-13-8-5-4-6-9-13/h4-6,8-9,12H,7,10-11H2,1-3H3,(H,19,20,21). The van der Waals surface area contributed by atoms with E-state index in [-0.39, 0.29) is 5.41 Å². The maximum absolute atomic E-state index is 4.60. The van der Waals surface area contributed by atoms with Crippen molar-refractivity contribution < 1.29 is 0 Å². The summed E-state index contributed by atoms with van der Waals surface area (Å²) in [5.74, 6) is 1.73. The van der Waals surface area contributed by atoms with Gasteiger partial charge in [0.05, 0.1) is 0 Å². The maximum Gasteiger partial charge on any atom is 0.137 e. The lowest BCUT2D eigenvalue weighted by atomic mass is 9.96. The van der Waals surface area contributed by atoms with Crippen molar-refractivity contribution in [3.63, 3.8) is 0 Å². The van der Waals surface area contributed by atoms with Crippen LogP contribution in [0.2, 0.25) is 0 Å². The monoisotopic (exact) mass is 347 g/mol. The van der Waals surface area contributed by atoms with Gasteiger partial charge in [0.2, 0.25) is 0 Å². The molecule has 0 amide bonds. The van der Waals surface area contributed by atoms with Crippen molar-refractivity contribution in [1.29, 1.82) is 0 Å². The van der Waals surface area contributed by atoms with Crippen LogP contribution in [0.25, 0.3) is 0 Å². The van der Waals surface area contributed by atoms with E-state index in [1.54, 1.807) is 0 Å². The van der Waals surface area contributed by atoms with E-state index in [9.17, 15) is 0 Å². The van der Waals surface area contributed by atoms with Gasteiger partial charge in [-0.2, -0.15) is 0 Å². The smallest absolute Gasteiger partial charge is 0.137 e. The number of hydrogen-bond acceptors (Lipinski definition) is 3. The van der Waals surface area contributed by atoms with Crippen LogP contribution in [0, 0.1) is 0 Å². The Morgan fingerprint density at radius 3 is 2.48 bits per heavy atom. The Hall–Kier alpha value is -1.42. The minimum Gasteiger partial charge on any atom is -0.370 e. The van der Waals surface area contributed by atoms with Gasteiger partial charge in [0.25, 0.3) is 0 Å². The fourth-order valence-corrected chi connectivity index (χ4v) is 2.38. The molecule has 0 saturated heterocycles. The molecule has 1 N–H and O–H groups in total. The second-order valence-electron chi connectivity index (χ2n) is 6.17. The van der Waals surface area contributed by atoms with E-state index in [1.165, 1.54) is 5.56 Å². The Morgan fingerprint density at radius 2 is 1.81 bits per heavy atom. The zero-order valence-corrected chi connectivity index (χ0v) is 14.4. The number of nitrogens with one attached hydrogen (secondary N) is 1. The van der Waals surface area contributed by atoms with E-state index in [0.29, 0.717) is 0 Å². The van der Waals surface area contributed by atoms with Gasteiger partial charge in [-0.1, -0.05) is 51.1 Å². The lowest BCUT2D eigenvalue weighted by Crippen LogP contribution is -2.17. The molecule has 112 valence electrons. The number of rotatable bonds is 5. The summed E-state index contributed by atoms with van der Waals surface area (Å²) in [5.41, 5.74) is 1.32. The first kappa shape index (κ1) is 16.0. The number of benzene rings is 1. The molecule has 2 rings (SSSR count). The van der Waals surface area contributed by atoms with Crippen molar-refractivity contribution in [2.45, 2.75) is 39.0 Å². The minimum atomic E-state index is -0.0513. The van der Waals surface area contributed by atoms with E-state index in [4.69, 9.17) is 0 Å². The summed E-state index contributed by atoms with van der Waals surface area (Å²) in [7, 11) is 0. The number of aromatic nitrogens is 2. The van der Waals surface area contributed by atoms with E-state index < -0.39 is 0 Å². The number of hydrogen-bond donors (Lipinski definition) is 1. The molecule has 3 nitrogen and oxygen atoms in total. The van der Waals surface area contributed by atoms with Crippen LogP contribution in [-0.2, 0) is 11.8 Å². The topological polar surface area (TPSA) is 37.8 Å². The molecule has 0 unspecified atom stereocenters. The molecule has 0 bridgehead atoms. The zero-order chi connectivity index (χ0) is 15.3. The minimum absolute atomic E-state index is 0.0513. The largest absolute Gasteiger partial charge is 0.370 e. The predicted octanol–water partition coefficient (Wildman–Crippen LogP) is 4.58. The third-order valence-corrected chi connectivity index (χ3v) is 3.56. The van der Waals surface area contributed by atoms with Crippen LogP contribution in [0.5, 0.6) is 0 Å². The van der Waals surface area contributed by atoms with Crippen molar-refractivity contribution in [2.75, 3.05) is 11.9 Å². The molecular weight excluding hydrogens is 326 g/mol. The lowest BCUT2D eigenvalue weighted by Gasteiger charge is -2.18. The van der Waals surface area contributed by atoms with Gasteiger partial charge in [-0.15, -0.1) is 0 Å². The van der Waals surface area contributed by atoms with Crippen LogP contribution < -0.4 is 5.32 Å². The van der Waals surface area contributed by atoms with Crippen molar-refractivity contribution in [2.24, 2.45) is 0 Å². The predicted molar refractivity (Wildman–Crippen MR) is 91.7 cm³/mol. The Kier molecular flexibility index (Phi) is 5.34. The first-order chi connectivity index (χ1) is 9.95. The van der Waals surface area contributed by atoms with Gasteiger partial charge >= 0.3 is 0 Å². The first-order valence-electron chi connectivity index (χ1n) is 7.28. The molecule has 4 heteroatoms. The highest BCUT2D eigenvalue weighted by molar-refractivity contribution is 9.10. The molecule has 0 spiro atoms.